The summed E-state index contributed by atoms with van der Waals surface area (Å²) in [6.45, 7) is 2.17. The van der Waals surface area contributed by atoms with Gasteiger partial charge in [0, 0.05) is 5.56 Å². The van der Waals surface area contributed by atoms with Gasteiger partial charge in [-0.25, -0.2) is 8.78 Å². The summed E-state index contributed by atoms with van der Waals surface area (Å²) in [7, 11) is 0. The molecule has 120 valence electrons. The van der Waals surface area contributed by atoms with Gasteiger partial charge in [-0.15, -0.1) is 0 Å². The lowest BCUT2D eigenvalue weighted by molar-refractivity contribution is 0.610. The SMILES string of the molecule is CCCCCc1ccc(C2=CCc3c(F)cccc3C2)c(F)c1. The molecule has 0 radical (unpaired) electrons. The average Bonchev–Trinajstić information content (AvgIpc) is 2.55. The fourth-order valence-corrected chi connectivity index (χ4v) is 3.26. The van der Waals surface area contributed by atoms with E-state index in [1.165, 1.54) is 18.9 Å². The van der Waals surface area contributed by atoms with E-state index >= 15 is 0 Å². The minimum absolute atomic E-state index is 0.162. The molecule has 0 amide bonds. The zero-order chi connectivity index (χ0) is 16.2. The van der Waals surface area contributed by atoms with Crippen LogP contribution in [-0.2, 0) is 19.3 Å². The van der Waals surface area contributed by atoms with E-state index < -0.39 is 0 Å². The van der Waals surface area contributed by atoms with E-state index in [0.29, 0.717) is 18.4 Å². The highest BCUT2D eigenvalue weighted by atomic mass is 19.1. The number of benzene rings is 2. The molecule has 3 rings (SSSR count). The fourth-order valence-electron chi connectivity index (χ4n) is 3.26. The summed E-state index contributed by atoms with van der Waals surface area (Å²) in [6, 6.07) is 10.7. The summed E-state index contributed by atoms with van der Waals surface area (Å²) in [5.74, 6) is -0.324. The van der Waals surface area contributed by atoms with Gasteiger partial charge < -0.3 is 0 Å². The first-order chi connectivity index (χ1) is 11.2. The predicted molar refractivity (Wildman–Crippen MR) is 91.4 cm³/mol. The maximum absolute atomic E-state index is 14.5. The minimum atomic E-state index is -0.162. The van der Waals surface area contributed by atoms with Gasteiger partial charge in [-0.3, -0.25) is 0 Å². The largest absolute Gasteiger partial charge is 0.207 e. The second-order valence-electron chi connectivity index (χ2n) is 6.26. The van der Waals surface area contributed by atoms with Crippen LogP contribution in [0.2, 0.25) is 0 Å². The zero-order valence-electron chi connectivity index (χ0n) is 13.5. The molecule has 0 unspecified atom stereocenters. The van der Waals surface area contributed by atoms with Crippen molar-refractivity contribution >= 4 is 5.57 Å². The number of hydrogen-bond donors (Lipinski definition) is 0. The summed E-state index contributed by atoms with van der Waals surface area (Å²) in [6.07, 6.45) is 7.47. The van der Waals surface area contributed by atoms with E-state index in [1.807, 2.05) is 24.3 Å². The van der Waals surface area contributed by atoms with E-state index in [9.17, 15) is 8.78 Å². The Kier molecular flexibility index (Phi) is 4.90. The maximum Gasteiger partial charge on any atom is 0.130 e. The second kappa shape index (κ2) is 7.08. The van der Waals surface area contributed by atoms with Crippen molar-refractivity contribution in [3.63, 3.8) is 0 Å². The lowest BCUT2D eigenvalue weighted by Crippen LogP contribution is -2.06. The molecule has 1 aliphatic rings. The first kappa shape index (κ1) is 15.9. The Balaban J connectivity index is 1.79. The summed E-state index contributed by atoms with van der Waals surface area (Å²) in [4.78, 5) is 0. The molecule has 0 spiro atoms. The van der Waals surface area contributed by atoms with Crippen molar-refractivity contribution in [2.45, 2.75) is 45.4 Å². The standard InChI is InChI=1S/C21H22F2/c1-2-3-4-6-15-9-11-19(21(23)13-15)17-10-12-18-16(14-17)7-5-8-20(18)22/h5,7-11,13H,2-4,6,12,14H2,1H3. The first-order valence-electron chi connectivity index (χ1n) is 8.43. The molecule has 23 heavy (non-hydrogen) atoms. The highest BCUT2D eigenvalue weighted by Gasteiger charge is 2.17. The van der Waals surface area contributed by atoms with Crippen LogP contribution in [0.25, 0.3) is 5.57 Å². The molecular formula is C21H22F2. The van der Waals surface area contributed by atoms with Gasteiger partial charge >= 0.3 is 0 Å². The Bertz CT molecular complexity index is 729. The summed E-state index contributed by atoms with van der Waals surface area (Å²) < 4.78 is 28.3. The van der Waals surface area contributed by atoms with Crippen LogP contribution in [0, 0.1) is 11.6 Å². The van der Waals surface area contributed by atoms with Crippen LogP contribution in [0.1, 0.15) is 48.4 Å². The normalized spacial score (nSPS) is 13.6. The molecule has 0 atom stereocenters. The lowest BCUT2D eigenvalue weighted by atomic mass is 9.87. The van der Waals surface area contributed by atoms with E-state index in [-0.39, 0.29) is 11.6 Å². The smallest absolute Gasteiger partial charge is 0.130 e. The highest BCUT2D eigenvalue weighted by molar-refractivity contribution is 5.71. The number of hydrogen-bond acceptors (Lipinski definition) is 0. The van der Waals surface area contributed by atoms with Gasteiger partial charge in [-0.2, -0.15) is 0 Å². The summed E-state index contributed by atoms with van der Waals surface area (Å²) >= 11 is 0. The number of rotatable bonds is 5. The predicted octanol–water partition coefficient (Wildman–Crippen LogP) is 5.88. The molecule has 2 aromatic rings. The average molecular weight is 312 g/mol. The van der Waals surface area contributed by atoms with Crippen LogP contribution in [0.3, 0.4) is 0 Å². The fraction of sp³-hybridized carbons (Fsp3) is 0.333. The van der Waals surface area contributed by atoms with Crippen molar-refractivity contribution in [1.82, 2.24) is 0 Å². The molecule has 1 aliphatic carbocycles. The molecule has 0 saturated heterocycles. The number of aryl methyl sites for hydroxylation is 1. The molecule has 0 N–H and O–H groups in total. The van der Waals surface area contributed by atoms with Crippen molar-refractivity contribution in [2.24, 2.45) is 0 Å². The first-order valence-corrected chi connectivity index (χ1v) is 8.43. The van der Waals surface area contributed by atoms with Crippen molar-refractivity contribution in [3.8, 4) is 0 Å². The van der Waals surface area contributed by atoms with E-state index in [2.05, 4.69) is 6.92 Å². The molecular weight excluding hydrogens is 290 g/mol. The Labute approximate surface area is 136 Å². The third kappa shape index (κ3) is 3.52. The quantitative estimate of drug-likeness (QED) is 0.605. The Morgan fingerprint density at radius 1 is 1.00 bits per heavy atom. The molecule has 0 fully saturated rings. The van der Waals surface area contributed by atoms with Crippen LogP contribution < -0.4 is 0 Å². The van der Waals surface area contributed by atoms with Crippen LogP contribution in [0.15, 0.2) is 42.5 Å². The van der Waals surface area contributed by atoms with Gasteiger partial charge in [0.25, 0.3) is 0 Å². The summed E-state index contributed by atoms with van der Waals surface area (Å²) in [5.41, 5.74) is 4.38. The molecule has 0 aliphatic heterocycles. The van der Waals surface area contributed by atoms with Crippen molar-refractivity contribution < 1.29 is 8.78 Å². The van der Waals surface area contributed by atoms with E-state index in [1.54, 1.807) is 12.1 Å². The third-order valence-electron chi connectivity index (χ3n) is 4.60. The van der Waals surface area contributed by atoms with Crippen LogP contribution >= 0.6 is 0 Å². The molecule has 0 heterocycles. The summed E-state index contributed by atoms with van der Waals surface area (Å²) in [5, 5.41) is 0. The maximum atomic E-state index is 14.5. The van der Waals surface area contributed by atoms with Crippen molar-refractivity contribution in [2.75, 3.05) is 0 Å². The minimum Gasteiger partial charge on any atom is -0.207 e. The van der Waals surface area contributed by atoms with E-state index in [0.717, 1.165) is 35.1 Å². The second-order valence-corrected chi connectivity index (χ2v) is 6.26. The Morgan fingerprint density at radius 3 is 2.65 bits per heavy atom. The van der Waals surface area contributed by atoms with E-state index in [4.69, 9.17) is 0 Å². The molecule has 0 nitrogen and oxygen atoms in total. The van der Waals surface area contributed by atoms with Gasteiger partial charge in [-0.1, -0.05) is 50.1 Å². The van der Waals surface area contributed by atoms with Gasteiger partial charge in [0.1, 0.15) is 11.6 Å². The topological polar surface area (TPSA) is 0 Å². The zero-order valence-corrected chi connectivity index (χ0v) is 13.5. The highest BCUT2D eigenvalue weighted by Crippen LogP contribution is 2.30. The molecule has 0 aromatic heterocycles. The van der Waals surface area contributed by atoms with Gasteiger partial charge in [-0.05, 0) is 60.1 Å². The van der Waals surface area contributed by atoms with Gasteiger partial charge in [0.2, 0.25) is 0 Å². The van der Waals surface area contributed by atoms with Crippen molar-refractivity contribution in [1.29, 1.82) is 0 Å². The molecule has 0 bridgehead atoms. The van der Waals surface area contributed by atoms with Gasteiger partial charge in [0.05, 0.1) is 0 Å². The Hall–Kier alpha value is -1.96. The number of unbranched alkanes of at least 4 members (excludes halogenated alkanes) is 2. The molecule has 0 saturated carbocycles. The third-order valence-corrected chi connectivity index (χ3v) is 4.60. The monoisotopic (exact) mass is 312 g/mol. The molecule has 2 aromatic carbocycles. The molecule has 2 heteroatoms. The Morgan fingerprint density at radius 2 is 1.87 bits per heavy atom. The van der Waals surface area contributed by atoms with Crippen LogP contribution in [0.5, 0.6) is 0 Å². The number of halogens is 2. The van der Waals surface area contributed by atoms with Crippen LogP contribution in [-0.4, -0.2) is 0 Å². The number of allylic oxidation sites excluding steroid dienone is 2. The van der Waals surface area contributed by atoms with Crippen molar-refractivity contribution in [3.05, 3.63) is 76.4 Å². The van der Waals surface area contributed by atoms with Gasteiger partial charge in [0.15, 0.2) is 0 Å². The lowest BCUT2D eigenvalue weighted by Gasteiger charge is -2.18. The number of fused-ring (bicyclic) bond motifs is 1. The van der Waals surface area contributed by atoms with Crippen LogP contribution in [0.4, 0.5) is 8.78 Å².